The van der Waals surface area contributed by atoms with Gasteiger partial charge in [0.1, 0.15) is 11.6 Å². The molecule has 122 valence electrons. The lowest BCUT2D eigenvalue weighted by Gasteiger charge is -2.05. The van der Waals surface area contributed by atoms with Crippen LogP contribution in [0.1, 0.15) is 31.5 Å². The Balaban J connectivity index is 1.47. The Kier molecular flexibility index (Phi) is 5.27. The van der Waals surface area contributed by atoms with Crippen LogP contribution in [0.15, 0.2) is 29.4 Å². The molecule has 0 radical (unpaired) electrons. The van der Waals surface area contributed by atoms with Crippen molar-refractivity contribution in [1.29, 1.82) is 0 Å². The van der Waals surface area contributed by atoms with Crippen molar-refractivity contribution in [2.75, 3.05) is 11.1 Å². The highest BCUT2D eigenvalue weighted by Crippen LogP contribution is 2.27. The van der Waals surface area contributed by atoms with Crippen LogP contribution < -0.4 is 5.32 Å². The number of carbonyl (C=O) groups is 1. The first kappa shape index (κ1) is 16.0. The molecule has 0 bridgehead atoms. The van der Waals surface area contributed by atoms with Crippen LogP contribution in [0.4, 0.5) is 10.1 Å². The van der Waals surface area contributed by atoms with Crippen molar-refractivity contribution in [2.24, 2.45) is 5.92 Å². The summed E-state index contributed by atoms with van der Waals surface area (Å²) < 4.78 is 13.5. The first-order chi connectivity index (χ1) is 11.2. The van der Waals surface area contributed by atoms with Gasteiger partial charge in [-0.15, -0.1) is 5.10 Å². The van der Waals surface area contributed by atoms with Gasteiger partial charge in [0.2, 0.25) is 11.1 Å². The van der Waals surface area contributed by atoms with E-state index < -0.39 is 5.82 Å². The van der Waals surface area contributed by atoms with Crippen molar-refractivity contribution in [3.8, 4) is 0 Å². The van der Waals surface area contributed by atoms with Gasteiger partial charge in [-0.2, -0.15) is 0 Å². The molecule has 1 saturated carbocycles. The van der Waals surface area contributed by atoms with Gasteiger partial charge in [0.15, 0.2) is 0 Å². The number of anilines is 1. The fourth-order valence-corrected chi connectivity index (χ4v) is 3.42. The zero-order valence-electron chi connectivity index (χ0n) is 12.7. The molecule has 1 aromatic heterocycles. The maximum absolute atomic E-state index is 13.5. The number of hydrogen-bond acceptors (Lipinski definition) is 4. The molecule has 0 spiro atoms. The number of hydrogen-bond donors (Lipinski definition) is 2. The minimum Gasteiger partial charge on any atom is -0.323 e. The summed E-state index contributed by atoms with van der Waals surface area (Å²) in [6, 6.07) is 6.10. The third-order valence-electron chi connectivity index (χ3n) is 3.95. The number of benzene rings is 1. The highest BCUT2D eigenvalue weighted by atomic mass is 32.2. The molecule has 0 unspecified atom stereocenters. The number of rotatable bonds is 6. The lowest BCUT2D eigenvalue weighted by atomic mass is 10.0. The Bertz CT molecular complexity index is 670. The number of para-hydroxylation sites is 1. The summed E-state index contributed by atoms with van der Waals surface area (Å²) in [5, 5.41) is 10.2. The number of carbonyl (C=O) groups excluding carboxylic acids is 1. The lowest BCUT2D eigenvalue weighted by molar-refractivity contribution is -0.113. The smallest absolute Gasteiger partial charge is 0.234 e. The van der Waals surface area contributed by atoms with Crippen LogP contribution in [0.25, 0.3) is 0 Å². The molecule has 0 atom stereocenters. The van der Waals surface area contributed by atoms with Gasteiger partial charge in [0, 0.05) is 6.42 Å². The molecule has 1 aliphatic carbocycles. The average Bonchev–Trinajstić information content (AvgIpc) is 3.20. The molecule has 0 saturated heterocycles. The number of aromatic nitrogens is 3. The van der Waals surface area contributed by atoms with Crippen molar-refractivity contribution in [3.05, 3.63) is 35.9 Å². The van der Waals surface area contributed by atoms with Crippen LogP contribution in [0.3, 0.4) is 0 Å². The van der Waals surface area contributed by atoms with Gasteiger partial charge in [0.25, 0.3) is 0 Å². The second-order valence-electron chi connectivity index (χ2n) is 5.74. The summed E-state index contributed by atoms with van der Waals surface area (Å²) in [5.74, 6) is 1.01. The topological polar surface area (TPSA) is 70.7 Å². The molecular formula is C16H19FN4OS. The van der Waals surface area contributed by atoms with Gasteiger partial charge in [-0.05, 0) is 18.1 Å². The fraction of sp³-hybridized carbons (Fsp3) is 0.438. The van der Waals surface area contributed by atoms with Crippen LogP contribution in [-0.4, -0.2) is 26.8 Å². The Morgan fingerprint density at radius 3 is 2.91 bits per heavy atom. The van der Waals surface area contributed by atoms with Crippen molar-refractivity contribution in [1.82, 2.24) is 15.2 Å². The molecule has 0 aliphatic heterocycles. The summed E-state index contributed by atoms with van der Waals surface area (Å²) in [5.41, 5.74) is 0.190. The molecule has 1 heterocycles. The SMILES string of the molecule is O=C(CSc1n[nH]c(CC2CCCC2)n1)Nc1ccccc1F. The summed E-state index contributed by atoms with van der Waals surface area (Å²) in [6.45, 7) is 0. The van der Waals surface area contributed by atoms with Gasteiger partial charge in [-0.1, -0.05) is 49.6 Å². The van der Waals surface area contributed by atoms with Crippen molar-refractivity contribution in [2.45, 2.75) is 37.3 Å². The number of H-pyrrole nitrogens is 1. The quantitative estimate of drug-likeness (QED) is 0.794. The molecule has 3 rings (SSSR count). The number of aromatic amines is 1. The number of amides is 1. The molecule has 2 N–H and O–H groups in total. The van der Waals surface area contributed by atoms with E-state index >= 15 is 0 Å². The van der Waals surface area contributed by atoms with E-state index in [1.807, 2.05) is 0 Å². The van der Waals surface area contributed by atoms with Gasteiger partial charge in [0.05, 0.1) is 11.4 Å². The Morgan fingerprint density at radius 1 is 1.35 bits per heavy atom. The van der Waals surface area contributed by atoms with Crippen LogP contribution in [0, 0.1) is 11.7 Å². The second-order valence-corrected chi connectivity index (χ2v) is 6.68. The molecule has 1 fully saturated rings. The highest BCUT2D eigenvalue weighted by molar-refractivity contribution is 7.99. The van der Waals surface area contributed by atoms with E-state index in [-0.39, 0.29) is 17.3 Å². The van der Waals surface area contributed by atoms with E-state index in [9.17, 15) is 9.18 Å². The third kappa shape index (κ3) is 4.54. The molecule has 7 heteroatoms. The summed E-state index contributed by atoms with van der Waals surface area (Å²) >= 11 is 1.24. The van der Waals surface area contributed by atoms with Gasteiger partial charge in [-0.3, -0.25) is 9.89 Å². The third-order valence-corrected chi connectivity index (χ3v) is 4.80. The number of thioether (sulfide) groups is 1. The van der Waals surface area contributed by atoms with Gasteiger partial charge in [-0.25, -0.2) is 9.37 Å². The number of halogens is 1. The van der Waals surface area contributed by atoms with E-state index in [1.54, 1.807) is 12.1 Å². The predicted molar refractivity (Wildman–Crippen MR) is 87.8 cm³/mol. The largest absolute Gasteiger partial charge is 0.323 e. The number of nitrogens with zero attached hydrogens (tertiary/aromatic N) is 2. The molecule has 1 amide bonds. The van der Waals surface area contributed by atoms with E-state index in [4.69, 9.17) is 0 Å². The van der Waals surface area contributed by atoms with Crippen LogP contribution in [0.5, 0.6) is 0 Å². The Morgan fingerprint density at radius 2 is 2.13 bits per heavy atom. The maximum atomic E-state index is 13.5. The average molecular weight is 334 g/mol. The predicted octanol–water partition coefficient (Wildman–Crippen LogP) is 3.41. The Labute approximate surface area is 138 Å². The van der Waals surface area contributed by atoms with E-state index in [0.29, 0.717) is 11.1 Å². The zero-order valence-corrected chi connectivity index (χ0v) is 13.5. The zero-order chi connectivity index (χ0) is 16.1. The summed E-state index contributed by atoms with van der Waals surface area (Å²) in [6.07, 6.45) is 6.05. The Hall–Kier alpha value is -1.89. The van der Waals surface area contributed by atoms with Crippen molar-refractivity contribution in [3.63, 3.8) is 0 Å². The van der Waals surface area contributed by atoms with Gasteiger partial charge >= 0.3 is 0 Å². The van der Waals surface area contributed by atoms with Gasteiger partial charge < -0.3 is 5.32 Å². The second kappa shape index (κ2) is 7.59. The fourth-order valence-electron chi connectivity index (χ4n) is 2.80. The van der Waals surface area contributed by atoms with E-state index in [0.717, 1.165) is 12.2 Å². The van der Waals surface area contributed by atoms with E-state index in [2.05, 4.69) is 20.5 Å². The molecular weight excluding hydrogens is 315 g/mol. The van der Waals surface area contributed by atoms with Crippen molar-refractivity contribution < 1.29 is 9.18 Å². The lowest BCUT2D eigenvalue weighted by Crippen LogP contribution is -2.15. The minimum absolute atomic E-state index is 0.148. The van der Waals surface area contributed by atoms with Crippen molar-refractivity contribution >= 4 is 23.4 Å². The minimum atomic E-state index is -0.442. The number of nitrogens with one attached hydrogen (secondary N) is 2. The first-order valence-electron chi connectivity index (χ1n) is 7.79. The van der Waals surface area contributed by atoms with Crippen LogP contribution in [0.2, 0.25) is 0 Å². The molecule has 5 nitrogen and oxygen atoms in total. The van der Waals surface area contributed by atoms with Crippen LogP contribution in [-0.2, 0) is 11.2 Å². The molecule has 1 aliphatic rings. The molecule has 23 heavy (non-hydrogen) atoms. The first-order valence-corrected chi connectivity index (χ1v) is 8.78. The standard InChI is InChI=1S/C16H19FN4OS/c17-12-7-3-4-8-13(12)18-15(22)10-23-16-19-14(20-21-16)9-11-5-1-2-6-11/h3-4,7-8,11H,1-2,5-6,9-10H2,(H,18,22)(H,19,20,21). The van der Waals surface area contributed by atoms with E-state index in [1.165, 1.54) is 49.6 Å². The van der Waals surface area contributed by atoms with Crippen LogP contribution >= 0.6 is 11.8 Å². The molecule has 1 aromatic carbocycles. The highest BCUT2D eigenvalue weighted by Gasteiger charge is 2.17. The summed E-state index contributed by atoms with van der Waals surface area (Å²) in [7, 11) is 0. The maximum Gasteiger partial charge on any atom is 0.234 e. The summed E-state index contributed by atoms with van der Waals surface area (Å²) in [4.78, 5) is 16.3. The monoisotopic (exact) mass is 334 g/mol. The molecule has 2 aromatic rings. The normalized spacial score (nSPS) is 15.0.